The minimum atomic E-state index is -1.30. The molecular formula is C27H22N3O6S-. The number of nitrogens with zero attached hydrogens (tertiary/aromatic N) is 3. The molecule has 3 amide bonds. The maximum Gasteiger partial charge on any atom is 0.294 e. The van der Waals surface area contributed by atoms with E-state index < -0.39 is 17.1 Å². The normalized spacial score (nSPS) is 17.1. The zero-order valence-electron chi connectivity index (χ0n) is 19.7. The Bertz CT molecular complexity index is 1390. The molecule has 3 heterocycles. The first-order valence-corrected chi connectivity index (χ1v) is 12.5. The number of benzene rings is 2. The number of furan rings is 1. The second-order valence-corrected chi connectivity index (χ2v) is 9.53. The number of piperazine rings is 1. The number of hydrogen-bond acceptors (Lipinski definition) is 8. The Balaban J connectivity index is 1.21. The van der Waals surface area contributed by atoms with Crippen LogP contribution in [0.4, 0.5) is 10.5 Å². The summed E-state index contributed by atoms with van der Waals surface area (Å²) in [5, 5.41) is 10.6. The van der Waals surface area contributed by atoms with Crippen molar-refractivity contribution >= 4 is 46.5 Å². The third-order valence-corrected chi connectivity index (χ3v) is 7.11. The number of carbonyl (C=O) groups excluding carboxylic acids is 4. The molecule has 2 aliphatic heterocycles. The molecule has 10 heteroatoms. The van der Waals surface area contributed by atoms with Crippen molar-refractivity contribution in [3.8, 4) is 11.3 Å². The number of carboxylic acid groups (broad SMARTS) is 1. The van der Waals surface area contributed by atoms with Crippen molar-refractivity contribution < 1.29 is 28.7 Å². The number of hydrogen-bond donors (Lipinski definition) is 0. The number of aromatic carboxylic acids is 1. The first kappa shape index (κ1) is 24.4. The fourth-order valence-corrected chi connectivity index (χ4v) is 5.06. The van der Waals surface area contributed by atoms with Crippen LogP contribution in [0.2, 0.25) is 0 Å². The van der Waals surface area contributed by atoms with Crippen LogP contribution >= 0.6 is 11.8 Å². The average Bonchev–Trinajstić information content (AvgIpc) is 3.49. The summed E-state index contributed by atoms with van der Waals surface area (Å²) < 4.78 is 5.74. The molecular weight excluding hydrogens is 494 g/mol. The molecule has 2 aliphatic rings. The third-order valence-electron chi connectivity index (χ3n) is 6.20. The van der Waals surface area contributed by atoms with E-state index in [1.807, 2.05) is 30.3 Å². The van der Waals surface area contributed by atoms with Gasteiger partial charge in [-0.3, -0.25) is 19.3 Å². The highest BCUT2D eigenvalue weighted by Crippen LogP contribution is 2.33. The minimum Gasteiger partial charge on any atom is -0.545 e. The Kier molecular flexibility index (Phi) is 6.82. The van der Waals surface area contributed by atoms with Gasteiger partial charge in [0.05, 0.1) is 10.9 Å². The monoisotopic (exact) mass is 516 g/mol. The van der Waals surface area contributed by atoms with Gasteiger partial charge in [-0.25, -0.2) is 0 Å². The van der Waals surface area contributed by atoms with Crippen molar-refractivity contribution in [2.75, 3.05) is 37.6 Å². The highest BCUT2D eigenvalue weighted by atomic mass is 32.2. The lowest BCUT2D eigenvalue weighted by Gasteiger charge is -2.36. The predicted octanol–water partition coefficient (Wildman–Crippen LogP) is 2.70. The van der Waals surface area contributed by atoms with Crippen LogP contribution in [0.3, 0.4) is 0 Å². The number of thioether (sulfide) groups is 1. The van der Waals surface area contributed by atoms with Gasteiger partial charge in [-0.05, 0) is 47.7 Å². The number of carbonyl (C=O) groups is 4. The van der Waals surface area contributed by atoms with Crippen LogP contribution in [-0.2, 0) is 9.59 Å². The predicted molar refractivity (Wildman–Crippen MR) is 136 cm³/mol. The van der Waals surface area contributed by atoms with E-state index in [0.29, 0.717) is 43.3 Å². The average molecular weight is 517 g/mol. The summed E-state index contributed by atoms with van der Waals surface area (Å²) in [6, 6.07) is 19.3. The lowest BCUT2D eigenvalue weighted by atomic mass is 10.1. The molecule has 0 aliphatic carbocycles. The number of anilines is 1. The molecule has 0 N–H and O–H groups in total. The van der Waals surface area contributed by atoms with Crippen LogP contribution in [0.25, 0.3) is 17.4 Å². The summed E-state index contributed by atoms with van der Waals surface area (Å²) >= 11 is 0.748. The van der Waals surface area contributed by atoms with Crippen LogP contribution in [0.1, 0.15) is 16.1 Å². The Morgan fingerprint density at radius 3 is 2.43 bits per heavy atom. The molecule has 9 nitrogen and oxygen atoms in total. The van der Waals surface area contributed by atoms with Gasteiger partial charge in [0.25, 0.3) is 11.1 Å². The van der Waals surface area contributed by atoms with E-state index in [-0.39, 0.29) is 22.9 Å². The van der Waals surface area contributed by atoms with Crippen LogP contribution in [0.5, 0.6) is 0 Å². The lowest BCUT2D eigenvalue weighted by Crippen LogP contribution is -2.51. The quantitative estimate of drug-likeness (QED) is 0.460. The summed E-state index contributed by atoms with van der Waals surface area (Å²) in [5.41, 5.74) is 1.65. The van der Waals surface area contributed by atoms with E-state index in [4.69, 9.17) is 4.42 Å². The summed E-state index contributed by atoms with van der Waals surface area (Å²) in [4.78, 5) is 54.4. The molecule has 0 atom stereocenters. The van der Waals surface area contributed by atoms with Gasteiger partial charge in [-0.1, -0.05) is 36.4 Å². The van der Waals surface area contributed by atoms with Crippen molar-refractivity contribution in [3.05, 3.63) is 83.0 Å². The summed E-state index contributed by atoms with van der Waals surface area (Å²) in [6.07, 6.45) is 1.44. The molecule has 2 aromatic carbocycles. The van der Waals surface area contributed by atoms with Crippen LogP contribution < -0.4 is 10.0 Å². The Hall–Kier alpha value is -4.31. The molecule has 0 unspecified atom stereocenters. The molecule has 188 valence electrons. The first-order valence-electron chi connectivity index (χ1n) is 11.6. The standard InChI is InChI=1S/C27H23N3O6S/c31-24(29-13-11-28(12-14-29)20-7-2-1-3-8-20)17-30-25(32)23(37-27(30)35)16-21-9-10-22(36-21)18-5-4-6-19(15-18)26(33)34/h1-10,15-16H,11-14,17H2,(H,33,34)/p-1/b23-16-. The molecule has 2 fully saturated rings. The van der Waals surface area contributed by atoms with Gasteiger partial charge in [0.15, 0.2) is 0 Å². The molecule has 0 bridgehead atoms. The fraction of sp³-hybridized carbons (Fsp3) is 0.185. The van der Waals surface area contributed by atoms with Gasteiger partial charge in [0, 0.05) is 43.5 Å². The SMILES string of the molecule is O=C([O-])c1cccc(-c2ccc(/C=C3\SC(=O)N(CC(=O)N4CCN(c5ccccc5)CC4)C3=O)o2)c1. The van der Waals surface area contributed by atoms with Gasteiger partial charge < -0.3 is 24.1 Å². The molecule has 0 spiro atoms. The maximum atomic E-state index is 12.9. The molecule has 37 heavy (non-hydrogen) atoms. The topological polar surface area (TPSA) is 114 Å². The molecule has 1 aromatic heterocycles. The molecule has 5 rings (SSSR count). The maximum absolute atomic E-state index is 12.9. The minimum absolute atomic E-state index is 0.0164. The smallest absolute Gasteiger partial charge is 0.294 e. The molecule has 3 aromatic rings. The van der Waals surface area contributed by atoms with Gasteiger partial charge in [-0.15, -0.1) is 0 Å². The number of para-hydroxylation sites is 1. The highest BCUT2D eigenvalue weighted by Gasteiger charge is 2.37. The zero-order chi connectivity index (χ0) is 25.9. The van der Waals surface area contributed by atoms with E-state index in [2.05, 4.69) is 4.90 Å². The number of imide groups is 1. The Morgan fingerprint density at radius 1 is 0.946 bits per heavy atom. The summed E-state index contributed by atoms with van der Waals surface area (Å²) in [5.74, 6) is -1.40. The van der Waals surface area contributed by atoms with Gasteiger partial charge in [0.1, 0.15) is 18.1 Å². The van der Waals surface area contributed by atoms with Crippen molar-refractivity contribution in [1.29, 1.82) is 0 Å². The molecule has 0 radical (unpaired) electrons. The molecule has 2 saturated heterocycles. The van der Waals surface area contributed by atoms with Gasteiger partial charge >= 0.3 is 0 Å². The fourth-order valence-electron chi connectivity index (χ4n) is 4.24. The van der Waals surface area contributed by atoms with Crippen molar-refractivity contribution in [2.24, 2.45) is 0 Å². The van der Waals surface area contributed by atoms with E-state index in [0.717, 1.165) is 22.3 Å². The summed E-state index contributed by atoms with van der Waals surface area (Å²) in [6.45, 7) is 2.05. The highest BCUT2D eigenvalue weighted by molar-refractivity contribution is 8.18. The second kappa shape index (κ2) is 10.4. The first-order chi connectivity index (χ1) is 17.9. The van der Waals surface area contributed by atoms with Gasteiger partial charge in [0.2, 0.25) is 5.91 Å². The number of carboxylic acids is 1. The number of amides is 3. The van der Waals surface area contributed by atoms with E-state index in [9.17, 15) is 24.3 Å². The largest absolute Gasteiger partial charge is 0.545 e. The summed E-state index contributed by atoms with van der Waals surface area (Å²) in [7, 11) is 0. The molecule has 0 saturated carbocycles. The van der Waals surface area contributed by atoms with E-state index >= 15 is 0 Å². The van der Waals surface area contributed by atoms with Crippen LogP contribution in [0, 0.1) is 0 Å². The Labute approximate surface area is 216 Å². The van der Waals surface area contributed by atoms with E-state index in [1.54, 1.807) is 29.2 Å². The van der Waals surface area contributed by atoms with Crippen molar-refractivity contribution in [3.63, 3.8) is 0 Å². The lowest BCUT2D eigenvalue weighted by molar-refractivity contribution is -0.255. The number of rotatable bonds is 6. The Morgan fingerprint density at radius 2 is 1.70 bits per heavy atom. The van der Waals surface area contributed by atoms with Crippen LogP contribution in [-0.4, -0.2) is 65.5 Å². The van der Waals surface area contributed by atoms with E-state index in [1.165, 1.54) is 18.2 Å². The third kappa shape index (κ3) is 5.29. The van der Waals surface area contributed by atoms with Crippen molar-refractivity contribution in [1.82, 2.24) is 9.80 Å². The van der Waals surface area contributed by atoms with Crippen LogP contribution in [0.15, 0.2) is 76.1 Å². The second-order valence-electron chi connectivity index (χ2n) is 8.54. The van der Waals surface area contributed by atoms with Crippen molar-refractivity contribution in [2.45, 2.75) is 0 Å². The van der Waals surface area contributed by atoms with Gasteiger partial charge in [-0.2, -0.15) is 0 Å². The zero-order valence-corrected chi connectivity index (χ0v) is 20.5.